The van der Waals surface area contributed by atoms with Crippen LogP contribution in [0.3, 0.4) is 0 Å². The van der Waals surface area contributed by atoms with Crippen molar-refractivity contribution >= 4 is 5.97 Å². The third-order valence-corrected chi connectivity index (χ3v) is 2.67. The van der Waals surface area contributed by atoms with Crippen molar-refractivity contribution in [3.63, 3.8) is 0 Å². The van der Waals surface area contributed by atoms with Crippen LogP contribution in [-0.2, 0) is 13.5 Å². The van der Waals surface area contributed by atoms with Gasteiger partial charge in [-0.25, -0.2) is 4.79 Å². The van der Waals surface area contributed by atoms with E-state index in [0.29, 0.717) is 12.2 Å². The molecule has 14 heavy (non-hydrogen) atoms. The van der Waals surface area contributed by atoms with Crippen LogP contribution in [0.2, 0.25) is 0 Å². The smallest absolute Gasteiger partial charge is 0.352 e. The molecule has 0 aliphatic rings. The summed E-state index contributed by atoms with van der Waals surface area (Å²) in [6.45, 7) is 4.31. The molecule has 0 amide bonds. The van der Waals surface area contributed by atoms with Crippen LogP contribution in [0.4, 0.5) is 0 Å². The minimum atomic E-state index is -0.878. The Balaban J connectivity index is 3.33. The van der Waals surface area contributed by atoms with Gasteiger partial charge in [0, 0.05) is 19.2 Å². The second kappa shape index (κ2) is 3.84. The minimum absolute atomic E-state index is 0.367. The summed E-state index contributed by atoms with van der Waals surface area (Å²) in [4.78, 5) is 11.0. The molecule has 0 aliphatic heterocycles. The largest absolute Gasteiger partial charge is 0.477 e. The molecule has 0 radical (unpaired) electrons. The highest BCUT2D eigenvalue weighted by atomic mass is 16.4. The molecule has 0 saturated heterocycles. The number of hydrogen-bond acceptors (Lipinski definition) is 2. The molecule has 0 aromatic carbocycles. The fourth-order valence-corrected chi connectivity index (χ4v) is 1.83. The van der Waals surface area contributed by atoms with Gasteiger partial charge in [-0.15, -0.1) is 0 Å². The van der Waals surface area contributed by atoms with Crippen LogP contribution in [0.25, 0.3) is 0 Å². The van der Waals surface area contributed by atoms with E-state index >= 15 is 0 Å². The van der Waals surface area contributed by atoms with E-state index in [4.69, 9.17) is 10.8 Å². The number of hydrogen-bond donors (Lipinski definition) is 2. The maximum absolute atomic E-state index is 11.0. The molecule has 78 valence electrons. The van der Waals surface area contributed by atoms with Crippen molar-refractivity contribution in [2.45, 2.75) is 20.3 Å². The van der Waals surface area contributed by atoms with Gasteiger partial charge in [-0.2, -0.15) is 0 Å². The van der Waals surface area contributed by atoms with Crippen LogP contribution < -0.4 is 5.73 Å². The van der Waals surface area contributed by atoms with Crippen molar-refractivity contribution in [2.24, 2.45) is 12.8 Å². The SMILES string of the molecule is Cc1c(C)c(C(=O)O)n(C)c1CCN. The Morgan fingerprint density at radius 1 is 1.43 bits per heavy atom. The lowest BCUT2D eigenvalue weighted by Gasteiger charge is -2.04. The summed E-state index contributed by atoms with van der Waals surface area (Å²) in [5, 5.41) is 9.00. The number of carbonyl (C=O) groups is 1. The molecule has 0 fully saturated rings. The highest BCUT2D eigenvalue weighted by Gasteiger charge is 2.18. The van der Waals surface area contributed by atoms with Gasteiger partial charge in [0.05, 0.1) is 0 Å². The quantitative estimate of drug-likeness (QED) is 0.752. The van der Waals surface area contributed by atoms with E-state index in [2.05, 4.69) is 0 Å². The Morgan fingerprint density at radius 2 is 2.00 bits per heavy atom. The molecule has 1 rings (SSSR count). The number of aromatic carboxylic acids is 1. The predicted molar refractivity (Wildman–Crippen MR) is 54.6 cm³/mol. The molecule has 4 heteroatoms. The first-order valence-electron chi connectivity index (χ1n) is 4.58. The van der Waals surface area contributed by atoms with E-state index in [0.717, 1.165) is 23.2 Å². The molecule has 1 aromatic rings. The minimum Gasteiger partial charge on any atom is -0.477 e. The lowest BCUT2D eigenvalue weighted by atomic mass is 10.1. The molecule has 3 N–H and O–H groups in total. The van der Waals surface area contributed by atoms with E-state index in [9.17, 15) is 4.79 Å². The Kier molecular flexibility index (Phi) is 2.96. The maximum atomic E-state index is 11.0. The van der Waals surface area contributed by atoms with E-state index in [-0.39, 0.29) is 0 Å². The van der Waals surface area contributed by atoms with Crippen molar-refractivity contribution in [3.8, 4) is 0 Å². The summed E-state index contributed by atoms with van der Waals surface area (Å²) in [5.74, 6) is -0.878. The van der Waals surface area contributed by atoms with Gasteiger partial charge in [-0.05, 0) is 31.5 Å². The van der Waals surface area contributed by atoms with Crippen LogP contribution in [0.1, 0.15) is 27.3 Å². The standard InChI is InChI=1S/C10H16N2O2/c1-6-7(2)9(10(13)14)12(3)8(6)4-5-11/h4-5,11H2,1-3H3,(H,13,14). The number of nitrogens with two attached hydrogens (primary N) is 1. The summed E-state index contributed by atoms with van der Waals surface area (Å²) in [7, 11) is 1.77. The van der Waals surface area contributed by atoms with Gasteiger partial charge in [0.1, 0.15) is 5.69 Å². The van der Waals surface area contributed by atoms with Crippen LogP contribution in [-0.4, -0.2) is 22.2 Å². The second-order valence-corrected chi connectivity index (χ2v) is 3.45. The third kappa shape index (κ3) is 1.53. The summed E-state index contributed by atoms with van der Waals surface area (Å²) in [6.07, 6.45) is 0.719. The lowest BCUT2D eigenvalue weighted by Crippen LogP contribution is -2.11. The first-order valence-corrected chi connectivity index (χ1v) is 4.58. The molecule has 0 bridgehead atoms. The Morgan fingerprint density at radius 3 is 2.36 bits per heavy atom. The molecule has 1 heterocycles. The van der Waals surface area contributed by atoms with Crippen LogP contribution in [0, 0.1) is 13.8 Å². The van der Waals surface area contributed by atoms with E-state index in [1.54, 1.807) is 11.6 Å². The van der Waals surface area contributed by atoms with Crippen molar-refractivity contribution in [3.05, 3.63) is 22.5 Å². The number of rotatable bonds is 3. The highest BCUT2D eigenvalue weighted by Crippen LogP contribution is 2.20. The molecule has 4 nitrogen and oxygen atoms in total. The normalized spacial score (nSPS) is 10.6. The average Bonchev–Trinajstić information content (AvgIpc) is 2.30. The van der Waals surface area contributed by atoms with Crippen molar-refractivity contribution < 1.29 is 9.90 Å². The van der Waals surface area contributed by atoms with Gasteiger partial charge in [0.2, 0.25) is 0 Å². The Bertz CT molecular complexity index is 367. The molecule has 0 spiro atoms. The zero-order valence-corrected chi connectivity index (χ0v) is 8.79. The predicted octanol–water partition coefficient (Wildman–Crippen LogP) is 0.841. The summed E-state index contributed by atoms with van der Waals surface area (Å²) >= 11 is 0. The number of carboxylic acids is 1. The van der Waals surface area contributed by atoms with Crippen LogP contribution in [0.5, 0.6) is 0 Å². The number of aromatic nitrogens is 1. The van der Waals surface area contributed by atoms with Gasteiger partial charge < -0.3 is 15.4 Å². The Hall–Kier alpha value is -1.29. The first-order chi connectivity index (χ1) is 6.50. The fourth-order valence-electron chi connectivity index (χ4n) is 1.83. The van der Waals surface area contributed by atoms with E-state index in [1.807, 2.05) is 13.8 Å². The van der Waals surface area contributed by atoms with Gasteiger partial charge in [-0.1, -0.05) is 0 Å². The van der Waals surface area contributed by atoms with Crippen molar-refractivity contribution in [2.75, 3.05) is 6.54 Å². The van der Waals surface area contributed by atoms with Gasteiger partial charge in [-0.3, -0.25) is 0 Å². The summed E-state index contributed by atoms with van der Waals surface area (Å²) < 4.78 is 1.72. The fraction of sp³-hybridized carbons (Fsp3) is 0.500. The van der Waals surface area contributed by atoms with Crippen LogP contribution >= 0.6 is 0 Å². The van der Waals surface area contributed by atoms with Crippen LogP contribution in [0.15, 0.2) is 0 Å². The highest BCUT2D eigenvalue weighted by molar-refractivity contribution is 5.88. The third-order valence-electron chi connectivity index (χ3n) is 2.67. The zero-order valence-electron chi connectivity index (χ0n) is 8.79. The van der Waals surface area contributed by atoms with E-state index < -0.39 is 5.97 Å². The monoisotopic (exact) mass is 196 g/mol. The molecule has 0 aliphatic carbocycles. The zero-order chi connectivity index (χ0) is 10.9. The van der Waals surface area contributed by atoms with Crippen molar-refractivity contribution in [1.82, 2.24) is 4.57 Å². The molecule has 0 unspecified atom stereocenters. The molecule has 0 saturated carbocycles. The van der Waals surface area contributed by atoms with Crippen molar-refractivity contribution in [1.29, 1.82) is 0 Å². The number of nitrogens with zero attached hydrogens (tertiary/aromatic N) is 1. The average molecular weight is 196 g/mol. The summed E-state index contributed by atoms with van der Waals surface area (Å²) in [5.41, 5.74) is 8.73. The maximum Gasteiger partial charge on any atom is 0.352 e. The molecule has 0 atom stereocenters. The van der Waals surface area contributed by atoms with Gasteiger partial charge in [0.15, 0.2) is 0 Å². The number of carboxylic acid groups (broad SMARTS) is 1. The Labute approximate surface area is 83.3 Å². The molecular weight excluding hydrogens is 180 g/mol. The topological polar surface area (TPSA) is 68.2 Å². The molecular formula is C10H16N2O2. The van der Waals surface area contributed by atoms with E-state index in [1.165, 1.54) is 0 Å². The van der Waals surface area contributed by atoms with Gasteiger partial charge >= 0.3 is 5.97 Å². The molecule has 1 aromatic heterocycles. The lowest BCUT2D eigenvalue weighted by molar-refractivity contribution is 0.0685. The van der Waals surface area contributed by atoms with Gasteiger partial charge in [0.25, 0.3) is 0 Å². The summed E-state index contributed by atoms with van der Waals surface area (Å²) in [6, 6.07) is 0. The first kappa shape index (κ1) is 10.8. The second-order valence-electron chi connectivity index (χ2n) is 3.45.